The number of carbonyl (C=O) groups excluding carboxylic acids is 1. The van der Waals surface area contributed by atoms with E-state index in [2.05, 4.69) is 10.5 Å². The summed E-state index contributed by atoms with van der Waals surface area (Å²) in [7, 11) is 0. The largest absolute Gasteiger partial charge is 0.382 e. The molecule has 1 heterocycles. The number of pyridine rings is 1. The minimum Gasteiger partial charge on any atom is -0.382 e. The number of halogens is 1. The second-order valence-electron chi connectivity index (χ2n) is 3.42. The summed E-state index contributed by atoms with van der Waals surface area (Å²) in [5, 5.41) is 0.271. The van der Waals surface area contributed by atoms with Crippen LogP contribution in [-0.4, -0.2) is 11.0 Å². The van der Waals surface area contributed by atoms with Crippen molar-refractivity contribution in [1.82, 2.24) is 4.98 Å². The van der Waals surface area contributed by atoms with Crippen LogP contribution in [0.1, 0.15) is 10.4 Å². The topological polar surface area (TPSA) is 77.2 Å². The van der Waals surface area contributed by atoms with E-state index in [-0.39, 0.29) is 11.0 Å². The van der Waals surface area contributed by atoms with Crippen molar-refractivity contribution in [2.75, 3.05) is 11.2 Å². The third kappa shape index (κ3) is 2.89. The molecule has 18 heavy (non-hydrogen) atoms. The zero-order valence-corrected chi connectivity index (χ0v) is 10.0. The summed E-state index contributed by atoms with van der Waals surface area (Å²) < 4.78 is 0. The van der Waals surface area contributed by atoms with Crippen LogP contribution in [0.5, 0.6) is 0 Å². The number of carbonyl (C=O) groups is 1. The maximum atomic E-state index is 11.6. The fourth-order valence-corrected chi connectivity index (χ4v) is 1.42. The van der Waals surface area contributed by atoms with Crippen LogP contribution < -0.4 is 11.2 Å². The molecule has 0 aliphatic rings. The molecule has 0 aliphatic heterocycles. The van der Waals surface area contributed by atoms with E-state index in [9.17, 15) is 4.79 Å². The maximum absolute atomic E-state index is 11.6. The van der Waals surface area contributed by atoms with E-state index in [4.69, 9.17) is 22.2 Å². The molecule has 0 bridgehead atoms. The Kier molecular flexibility index (Phi) is 3.64. The first-order chi connectivity index (χ1) is 8.66. The molecule has 0 spiro atoms. The standard InChI is InChI=1S/C12H10ClN3O2/c13-10-7-6-9(11(14)15-10)16-18-12(17)8-4-2-1-3-5-8/h1-7,16H,(H2,14,15). The lowest BCUT2D eigenvalue weighted by Crippen LogP contribution is -2.12. The third-order valence-corrected chi connectivity index (χ3v) is 2.36. The number of anilines is 2. The van der Waals surface area contributed by atoms with Gasteiger partial charge in [-0.3, -0.25) is 0 Å². The van der Waals surface area contributed by atoms with Crippen molar-refractivity contribution in [3.05, 3.63) is 53.2 Å². The van der Waals surface area contributed by atoms with Crippen molar-refractivity contribution in [1.29, 1.82) is 0 Å². The minimum absolute atomic E-state index is 0.156. The van der Waals surface area contributed by atoms with E-state index in [1.807, 2.05) is 6.07 Å². The molecule has 3 N–H and O–H groups in total. The summed E-state index contributed by atoms with van der Waals surface area (Å²) in [6.45, 7) is 0. The van der Waals surface area contributed by atoms with E-state index >= 15 is 0 Å². The average molecular weight is 264 g/mol. The first kappa shape index (κ1) is 12.2. The number of rotatable bonds is 3. The van der Waals surface area contributed by atoms with Crippen LogP contribution in [-0.2, 0) is 4.84 Å². The van der Waals surface area contributed by atoms with E-state index in [0.717, 1.165) is 0 Å². The lowest BCUT2D eigenvalue weighted by atomic mass is 10.2. The summed E-state index contributed by atoms with van der Waals surface area (Å²) in [4.78, 5) is 20.3. The molecule has 6 heteroatoms. The average Bonchev–Trinajstić information content (AvgIpc) is 2.38. The van der Waals surface area contributed by atoms with E-state index in [1.165, 1.54) is 6.07 Å². The SMILES string of the molecule is Nc1nc(Cl)ccc1NOC(=O)c1ccccc1. The van der Waals surface area contributed by atoms with E-state index < -0.39 is 5.97 Å². The molecule has 0 aliphatic carbocycles. The molecule has 0 amide bonds. The molecule has 2 rings (SSSR count). The number of nitrogens with one attached hydrogen (secondary N) is 1. The van der Waals surface area contributed by atoms with Gasteiger partial charge in [0.1, 0.15) is 10.8 Å². The predicted octanol–water partition coefficient (Wildman–Crippen LogP) is 2.50. The molecule has 5 nitrogen and oxygen atoms in total. The molecular formula is C12H10ClN3O2. The molecule has 0 unspecified atom stereocenters. The van der Waals surface area contributed by atoms with Crippen molar-refractivity contribution in [2.45, 2.75) is 0 Å². The van der Waals surface area contributed by atoms with Gasteiger partial charge in [0.25, 0.3) is 0 Å². The third-order valence-electron chi connectivity index (χ3n) is 2.15. The number of nitrogens with two attached hydrogens (primary N) is 1. The number of hydrogen-bond acceptors (Lipinski definition) is 5. The van der Waals surface area contributed by atoms with Gasteiger partial charge >= 0.3 is 5.97 Å². The van der Waals surface area contributed by atoms with Crippen LogP contribution >= 0.6 is 11.6 Å². The van der Waals surface area contributed by atoms with Gasteiger partial charge < -0.3 is 10.6 Å². The fourth-order valence-electron chi connectivity index (χ4n) is 1.27. The van der Waals surface area contributed by atoms with Crippen molar-refractivity contribution >= 4 is 29.1 Å². The Morgan fingerprint density at radius 1 is 1.22 bits per heavy atom. The van der Waals surface area contributed by atoms with E-state index in [1.54, 1.807) is 30.3 Å². The van der Waals surface area contributed by atoms with Crippen molar-refractivity contribution < 1.29 is 9.63 Å². The molecule has 0 saturated heterocycles. The smallest absolute Gasteiger partial charge is 0.362 e. The monoisotopic (exact) mass is 263 g/mol. The van der Waals surface area contributed by atoms with Gasteiger partial charge in [-0.2, -0.15) is 0 Å². The molecule has 0 atom stereocenters. The van der Waals surface area contributed by atoms with Gasteiger partial charge in [0.05, 0.1) is 5.56 Å². The fraction of sp³-hybridized carbons (Fsp3) is 0. The summed E-state index contributed by atoms with van der Waals surface area (Å²) in [6.07, 6.45) is 0. The Hall–Kier alpha value is -2.27. The molecular weight excluding hydrogens is 254 g/mol. The Balaban J connectivity index is 2.02. The van der Waals surface area contributed by atoms with Crippen molar-refractivity contribution in [3.63, 3.8) is 0 Å². The summed E-state index contributed by atoms with van der Waals surface area (Å²) in [6, 6.07) is 11.7. The maximum Gasteiger partial charge on any atom is 0.362 e. The molecule has 0 fully saturated rings. The van der Waals surface area contributed by atoms with Crippen molar-refractivity contribution in [3.8, 4) is 0 Å². The zero-order chi connectivity index (χ0) is 13.0. The Bertz CT molecular complexity index is 561. The summed E-state index contributed by atoms with van der Waals surface area (Å²) in [5.41, 5.74) is 8.85. The first-order valence-corrected chi connectivity index (χ1v) is 5.49. The minimum atomic E-state index is -0.509. The molecule has 0 radical (unpaired) electrons. The van der Waals surface area contributed by atoms with Crippen LogP contribution in [0, 0.1) is 0 Å². The van der Waals surface area contributed by atoms with E-state index in [0.29, 0.717) is 11.3 Å². The molecule has 92 valence electrons. The first-order valence-electron chi connectivity index (χ1n) is 5.11. The number of nitrogen functional groups attached to an aromatic ring is 1. The van der Waals surface area contributed by atoms with Crippen LogP contribution in [0.4, 0.5) is 11.5 Å². The van der Waals surface area contributed by atoms with Gasteiger partial charge in [0, 0.05) is 0 Å². The number of hydrogen-bond donors (Lipinski definition) is 2. The van der Waals surface area contributed by atoms with Crippen LogP contribution in [0.2, 0.25) is 5.15 Å². The second kappa shape index (κ2) is 5.37. The van der Waals surface area contributed by atoms with Gasteiger partial charge in [0.15, 0.2) is 5.82 Å². The highest BCUT2D eigenvalue weighted by Gasteiger charge is 2.08. The summed E-state index contributed by atoms with van der Waals surface area (Å²) in [5.74, 6) is -0.353. The van der Waals surface area contributed by atoms with Gasteiger partial charge in [0.2, 0.25) is 0 Å². The molecule has 0 saturated carbocycles. The van der Waals surface area contributed by atoms with Gasteiger partial charge in [-0.25, -0.2) is 15.3 Å². The highest BCUT2D eigenvalue weighted by molar-refractivity contribution is 6.29. The predicted molar refractivity (Wildman–Crippen MR) is 69.1 cm³/mol. The number of benzene rings is 1. The molecule has 1 aromatic heterocycles. The normalized spacial score (nSPS) is 9.83. The quantitative estimate of drug-likeness (QED) is 0.657. The lowest BCUT2D eigenvalue weighted by Gasteiger charge is -2.08. The van der Waals surface area contributed by atoms with Crippen molar-refractivity contribution in [2.24, 2.45) is 0 Å². The summed E-state index contributed by atoms with van der Waals surface area (Å²) >= 11 is 5.65. The Labute approximate surface area is 108 Å². The Morgan fingerprint density at radius 2 is 1.94 bits per heavy atom. The van der Waals surface area contributed by atoms with Crippen LogP contribution in [0.3, 0.4) is 0 Å². The van der Waals surface area contributed by atoms with Crippen LogP contribution in [0.25, 0.3) is 0 Å². The van der Waals surface area contributed by atoms with Gasteiger partial charge in [-0.05, 0) is 24.3 Å². The van der Waals surface area contributed by atoms with Gasteiger partial charge in [-0.1, -0.05) is 29.8 Å². The highest BCUT2D eigenvalue weighted by atomic mass is 35.5. The zero-order valence-electron chi connectivity index (χ0n) is 9.26. The van der Waals surface area contributed by atoms with Crippen LogP contribution in [0.15, 0.2) is 42.5 Å². The second-order valence-corrected chi connectivity index (χ2v) is 3.81. The van der Waals surface area contributed by atoms with Gasteiger partial charge in [-0.15, -0.1) is 0 Å². The number of aromatic nitrogens is 1. The molecule has 1 aromatic carbocycles. The highest BCUT2D eigenvalue weighted by Crippen LogP contribution is 2.18. The Morgan fingerprint density at radius 3 is 2.61 bits per heavy atom. The number of nitrogens with zero attached hydrogens (tertiary/aromatic N) is 1. The lowest BCUT2D eigenvalue weighted by molar-refractivity contribution is 0.0596. The molecule has 2 aromatic rings.